The molecule has 0 saturated heterocycles. The predicted molar refractivity (Wildman–Crippen MR) is 94.5 cm³/mol. The van der Waals surface area contributed by atoms with Crippen molar-refractivity contribution in [1.29, 1.82) is 0 Å². The van der Waals surface area contributed by atoms with E-state index < -0.39 is 21.4 Å². The number of para-hydroxylation sites is 1. The minimum Gasteiger partial charge on any atom is -0.487 e. The van der Waals surface area contributed by atoms with E-state index in [1.807, 2.05) is 38.1 Å². The number of halogens is 1. The third-order valence-corrected chi connectivity index (χ3v) is 6.39. The number of ether oxygens (including phenoxy) is 1. The zero-order valence-corrected chi connectivity index (χ0v) is 15.1. The molecule has 0 aliphatic carbocycles. The first-order chi connectivity index (χ1) is 11.9. The monoisotopic (exact) mass is 363 g/mol. The van der Waals surface area contributed by atoms with Crippen LogP contribution in [0.15, 0.2) is 53.4 Å². The van der Waals surface area contributed by atoms with Crippen LogP contribution in [0.2, 0.25) is 0 Å². The topological polar surface area (TPSA) is 55.4 Å². The molecular formula is C19H22FNO3S. The molecule has 1 unspecified atom stereocenters. The van der Waals surface area contributed by atoms with E-state index in [0.29, 0.717) is 12.2 Å². The van der Waals surface area contributed by atoms with Gasteiger partial charge in [-0.05, 0) is 43.2 Å². The van der Waals surface area contributed by atoms with Crippen molar-refractivity contribution >= 4 is 10.0 Å². The van der Waals surface area contributed by atoms with E-state index in [4.69, 9.17) is 4.74 Å². The Labute approximate surface area is 148 Å². The summed E-state index contributed by atoms with van der Waals surface area (Å²) in [6, 6.07) is 11.9. The van der Waals surface area contributed by atoms with Gasteiger partial charge in [0.2, 0.25) is 10.0 Å². The third kappa shape index (κ3) is 3.55. The van der Waals surface area contributed by atoms with Crippen LogP contribution in [-0.4, -0.2) is 14.0 Å². The van der Waals surface area contributed by atoms with Gasteiger partial charge in [0.15, 0.2) is 0 Å². The van der Waals surface area contributed by atoms with Crippen LogP contribution in [0.3, 0.4) is 0 Å². The second-order valence-corrected chi connectivity index (χ2v) is 8.08. The van der Waals surface area contributed by atoms with Crippen molar-refractivity contribution in [3.05, 3.63) is 59.9 Å². The molecule has 1 aliphatic heterocycles. The lowest BCUT2D eigenvalue weighted by Crippen LogP contribution is -2.44. The van der Waals surface area contributed by atoms with Gasteiger partial charge >= 0.3 is 0 Å². The first kappa shape index (κ1) is 17.9. The molecule has 1 N–H and O–H groups in total. The molecule has 0 fully saturated rings. The summed E-state index contributed by atoms with van der Waals surface area (Å²) in [4.78, 5) is 0.0523. The minimum atomic E-state index is -3.76. The molecule has 4 nitrogen and oxygen atoms in total. The Kier molecular flexibility index (Phi) is 4.84. The Balaban J connectivity index is 1.96. The molecular weight excluding hydrogens is 341 g/mol. The SMILES string of the molecule is CCC1(CC)CC(NS(=O)(=O)c2ccc(F)cc2)c2ccccc2O1. The van der Waals surface area contributed by atoms with Crippen LogP contribution in [0.5, 0.6) is 5.75 Å². The Hall–Kier alpha value is -1.92. The molecule has 1 atom stereocenters. The minimum absolute atomic E-state index is 0.0523. The summed E-state index contributed by atoms with van der Waals surface area (Å²) in [5.41, 5.74) is 0.426. The van der Waals surface area contributed by atoms with Gasteiger partial charge in [-0.2, -0.15) is 0 Å². The maximum atomic E-state index is 13.1. The van der Waals surface area contributed by atoms with E-state index in [-0.39, 0.29) is 10.9 Å². The Morgan fingerprint density at radius 1 is 1.12 bits per heavy atom. The van der Waals surface area contributed by atoms with Gasteiger partial charge in [0.05, 0.1) is 10.9 Å². The summed E-state index contributed by atoms with van der Waals surface area (Å²) >= 11 is 0. The number of rotatable bonds is 5. The maximum absolute atomic E-state index is 13.1. The van der Waals surface area contributed by atoms with Crippen LogP contribution in [0, 0.1) is 5.82 Å². The molecule has 0 radical (unpaired) electrons. The number of fused-ring (bicyclic) bond motifs is 1. The van der Waals surface area contributed by atoms with Crippen molar-refractivity contribution in [2.45, 2.75) is 49.6 Å². The summed E-state index contributed by atoms with van der Waals surface area (Å²) < 4.78 is 47.5. The van der Waals surface area contributed by atoms with Crippen LogP contribution in [-0.2, 0) is 10.0 Å². The van der Waals surface area contributed by atoms with Gasteiger partial charge < -0.3 is 4.74 Å². The summed E-state index contributed by atoms with van der Waals surface area (Å²) in [5.74, 6) is 0.246. The quantitative estimate of drug-likeness (QED) is 0.867. The highest BCUT2D eigenvalue weighted by Crippen LogP contribution is 2.43. The van der Waals surface area contributed by atoms with Gasteiger partial charge in [-0.1, -0.05) is 32.0 Å². The summed E-state index contributed by atoms with van der Waals surface area (Å²) in [6.07, 6.45) is 2.12. The second kappa shape index (κ2) is 6.77. The van der Waals surface area contributed by atoms with Crippen molar-refractivity contribution in [2.75, 3.05) is 0 Å². The first-order valence-electron chi connectivity index (χ1n) is 8.45. The standard InChI is InChI=1S/C19H22FNO3S/c1-3-19(4-2)13-17(16-7-5-6-8-18(16)24-19)21-25(22,23)15-11-9-14(20)10-12-15/h5-12,17,21H,3-4,13H2,1-2H3. The van der Waals surface area contributed by atoms with Crippen molar-refractivity contribution in [2.24, 2.45) is 0 Å². The van der Waals surface area contributed by atoms with Crippen LogP contribution < -0.4 is 9.46 Å². The van der Waals surface area contributed by atoms with E-state index in [0.717, 1.165) is 30.5 Å². The van der Waals surface area contributed by atoms with E-state index in [9.17, 15) is 12.8 Å². The second-order valence-electron chi connectivity index (χ2n) is 6.36. The molecule has 6 heteroatoms. The molecule has 1 aliphatic rings. The number of sulfonamides is 1. The zero-order valence-electron chi connectivity index (χ0n) is 14.3. The van der Waals surface area contributed by atoms with E-state index in [1.54, 1.807) is 0 Å². The molecule has 2 aromatic carbocycles. The lowest BCUT2D eigenvalue weighted by Gasteiger charge is -2.41. The normalized spacial score (nSPS) is 19.1. The van der Waals surface area contributed by atoms with Crippen LogP contribution in [0.25, 0.3) is 0 Å². The Bertz CT molecular complexity index is 845. The van der Waals surface area contributed by atoms with Crippen LogP contribution in [0.1, 0.15) is 44.7 Å². The molecule has 0 amide bonds. The van der Waals surface area contributed by atoms with Gasteiger partial charge in [0.25, 0.3) is 0 Å². The molecule has 3 rings (SSSR count). The molecule has 0 spiro atoms. The largest absolute Gasteiger partial charge is 0.487 e. The van der Waals surface area contributed by atoms with Crippen molar-refractivity contribution in [3.63, 3.8) is 0 Å². The molecule has 1 heterocycles. The smallest absolute Gasteiger partial charge is 0.241 e. The van der Waals surface area contributed by atoms with Crippen LogP contribution >= 0.6 is 0 Å². The molecule has 25 heavy (non-hydrogen) atoms. The molecule has 134 valence electrons. The molecule has 0 aromatic heterocycles. The van der Waals surface area contributed by atoms with Gasteiger partial charge in [0, 0.05) is 12.0 Å². The fourth-order valence-corrected chi connectivity index (χ4v) is 4.49. The van der Waals surface area contributed by atoms with Gasteiger partial charge in [-0.15, -0.1) is 0 Å². The van der Waals surface area contributed by atoms with Gasteiger partial charge in [-0.3, -0.25) is 0 Å². The Morgan fingerprint density at radius 3 is 2.40 bits per heavy atom. The summed E-state index contributed by atoms with van der Waals surface area (Å²) in [5, 5.41) is 0. The highest BCUT2D eigenvalue weighted by molar-refractivity contribution is 7.89. The number of nitrogens with one attached hydrogen (secondary N) is 1. The summed E-state index contributed by atoms with van der Waals surface area (Å²) in [7, 11) is -3.76. The number of benzene rings is 2. The van der Waals surface area contributed by atoms with E-state index in [1.165, 1.54) is 12.1 Å². The fourth-order valence-electron chi connectivity index (χ4n) is 3.28. The third-order valence-electron chi connectivity index (χ3n) is 4.91. The lowest BCUT2D eigenvalue weighted by atomic mass is 9.84. The number of hydrogen-bond donors (Lipinski definition) is 1. The van der Waals surface area contributed by atoms with E-state index >= 15 is 0 Å². The molecule has 0 bridgehead atoms. The first-order valence-corrected chi connectivity index (χ1v) is 9.93. The number of hydrogen-bond acceptors (Lipinski definition) is 3. The van der Waals surface area contributed by atoms with Crippen molar-refractivity contribution < 1.29 is 17.5 Å². The van der Waals surface area contributed by atoms with Crippen molar-refractivity contribution in [3.8, 4) is 5.75 Å². The van der Waals surface area contributed by atoms with Gasteiger partial charge in [0.1, 0.15) is 17.2 Å². The predicted octanol–water partition coefficient (Wildman–Crippen LogP) is 4.19. The zero-order chi connectivity index (χ0) is 18.1. The molecule has 2 aromatic rings. The van der Waals surface area contributed by atoms with Gasteiger partial charge in [-0.25, -0.2) is 17.5 Å². The fraction of sp³-hybridized carbons (Fsp3) is 0.368. The highest BCUT2D eigenvalue weighted by Gasteiger charge is 2.39. The maximum Gasteiger partial charge on any atom is 0.241 e. The van der Waals surface area contributed by atoms with Crippen LogP contribution in [0.4, 0.5) is 4.39 Å². The van der Waals surface area contributed by atoms with Crippen molar-refractivity contribution in [1.82, 2.24) is 4.72 Å². The summed E-state index contributed by atoms with van der Waals surface area (Å²) in [6.45, 7) is 4.09. The van der Waals surface area contributed by atoms with E-state index in [2.05, 4.69) is 4.72 Å². The lowest BCUT2D eigenvalue weighted by molar-refractivity contribution is 0.0260. The molecule has 0 saturated carbocycles. The average molecular weight is 363 g/mol. The Morgan fingerprint density at radius 2 is 1.76 bits per heavy atom. The highest BCUT2D eigenvalue weighted by atomic mass is 32.2. The average Bonchev–Trinajstić information content (AvgIpc) is 2.61.